The zero-order chi connectivity index (χ0) is 19.0. The largest absolute Gasteiger partial charge is 0.350 e. The molecule has 1 amide bonds. The van der Waals surface area contributed by atoms with E-state index in [1.807, 2.05) is 24.1 Å². The maximum atomic E-state index is 12.7. The normalized spacial score (nSPS) is 23.1. The van der Waals surface area contributed by atoms with Gasteiger partial charge in [-0.15, -0.1) is 0 Å². The molecule has 1 aromatic carbocycles. The number of aromatic nitrogens is 1. The Morgan fingerprint density at radius 1 is 1.15 bits per heavy atom. The molecular formula is C20H27N3O3S. The first-order valence-electron chi connectivity index (χ1n) is 9.68. The van der Waals surface area contributed by atoms with Crippen LogP contribution in [0.4, 0.5) is 0 Å². The number of piperazine rings is 1. The second-order valence-corrected chi connectivity index (χ2v) is 9.98. The van der Waals surface area contributed by atoms with Gasteiger partial charge in [-0.05, 0) is 24.5 Å². The summed E-state index contributed by atoms with van der Waals surface area (Å²) >= 11 is 0. The van der Waals surface area contributed by atoms with E-state index in [0.29, 0.717) is 25.3 Å². The Labute approximate surface area is 160 Å². The maximum Gasteiger partial charge on any atom is 0.222 e. The zero-order valence-electron chi connectivity index (χ0n) is 15.8. The van der Waals surface area contributed by atoms with Gasteiger partial charge in [-0.2, -0.15) is 0 Å². The fraction of sp³-hybridized carbons (Fsp3) is 0.550. The lowest BCUT2D eigenvalue weighted by molar-refractivity contribution is -0.133. The van der Waals surface area contributed by atoms with Gasteiger partial charge in [-0.25, -0.2) is 8.42 Å². The highest BCUT2D eigenvalue weighted by atomic mass is 32.2. The van der Waals surface area contributed by atoms with Crippen molar-refractivity contribution in [3.8, 4) is 0 Å². The van der Waals surface area contributed by atoms with E-state index < -0.39 is 9.84 Å². The second-order valence-electron chi connectivity index (χ2n) is 7.76. The molecule has 2 aliphatic rings. The number of amides is 1. The summed E-state index contributed by atoms with van der Waals surface area (Å²) < 4.78 is 25.5. The van der Waals surface area contributed by atoms with E-state index in [2.05, 4.69) is 27.8 Å². The Bertz CT molecular complexity index is 943. The Morgan fingerprint density at radius 2 is 1.89 bits per heavy atom. The summed E-state index contributed by atoms with van der Waals surface area (Å²) in [6, 6.07) is 8.43. The van der Waals surface area contributed by atoms with Crippen LogP contribution in [0.25, 0.3) is 10.9 Å². The number of hydrogen-bond acceptors (Lipinski definition) is 4. The molecule has 7 heteroatoms. The first kappa shape index (κ1) is 18.5. The molecule has 2 aliphatic heterocycles. The van der Waals surface area contributed by atoms with Crippen molar-refractivity contribution in [2.75, 3.05) is 37.7 Å². The average Bonchev–Trinajstić information content (AvgIpc) is 3.19. The third-order valence-corrected chi connectivity index (χ3v) is 7.73. The van der Waals surface area contributed by atoms with Crippen LogP contribution in [0.1, 0.15) is 18.4 Å². The molecular weight excluding hydrogens is 362 g/mol. The first-order valence-corrected chi connectivity index (χ1v) is 11.5. The van der Waals surface area contributed by atoms with E-state index >= 15 is 0 Å². The lowest BCUT2D eigenvalue weighted by Crippen LogP contribution is -2.52. The van der Waals surface area contributed by atoms with E-state index in [0.717, 1.165) is 25.9 Å². The van der Waals surface area contributed by atoms with Crippen LogP contribution < -0.4 is 0 Å². The van der Waals surface area contributed by atoms with Crippen molar-refractivity contribution in [3.05, 3.63) is 36.0 Å². The number of aryl methyl sites for hydroxylation is 2. The summed E-state index contributed by atoms with van der Waals surface area (Å²) in [6.07, 6.45) is 4.13. The van der Waals surface area contributed by atoms with Gasteiger partial charge in [-0.3, -0.25) is 9.69 Å². The lowest BCUT2D eigenvalue weighted by atomic mass is 10.1. The molecule has 1 unspecified atom stereocenters. The molecule has 0 saturated carbocycles. The van der Waals surface area contributed by atoms with Gasteiger partial charge in [0.25, 0.3) is 0 Å². The predicted molar refractivity (Wildman–Crippen MR) is 106 cm³/mol. The van der Waals surface area contributed by atoms with E-state index in [4.69, 9.17) is 0 Å². The minimum absolute atomic E-state index is 0.142. The summed E-state index contributed by atoms with van der Waals surface area (Å²) in [6.45, 7) is 2.95. The SMILES string of the molecule is Cn1cc(CCC(=O)N2CCN(C3CCS(=O)(=O)C3)CC2)c2ccccc21. The van der Waals surface area contributed by atoms with E-state index in [9.17, 15) is 13.2 Å². The molecule has 1 aromatic heterocycles. The highest BCUT2D eigenvalue weighted by Gasteiger charge is 2.34. The van der Waals surface area contributed by atoms with Crippen molar-refractivity contribution in [3.63, 3.8) is 0 Å². The minimum atomic E-state index is -2.85. The highest BCUT2D eigenvalue weighted by Crippen LogP contribution is 2.22. The Kier molecular flexibility index (Phi) is 4.99. The molecule has 0 bridgehead atoms. The van der Waals surface area contributed by atoms with Crippen LogP contribution in [0.5, 0.6) is 0 Å². The molecule has 2 fully saturated rings. The molecule has 0 radical (unpaired) electrons. The van der Waals surface area contributed by atoms with Crippen LogP contribution in [-0.2, 0) is 28.1 Å². The summed E-state index contributed by atoms with van der Waals surface area (Å²) in [5.41, 5.74) is 2.41. The quantitative estimate of drug-likeness (QED) is 0.794. The van der Waals surface area contributed by atoms with Gasteiger partial charge in [0.05, 0.1) is 11.5 Å². The highest BCUT2D eigenvalue weighted by molar-refractivity contribution is 7.91. The maximum absolute atomic E-state index is 12.7. The Balaban J connectivity index is 1.31. The summed E-state index contributed by atoms with van der Waals surface area (Å²) in [7, 11) is -0.816. The number of hydrogen-bond donors (Lipinski definition) is 0. The molecule has 3 heterocycles. The van der Waals surface area contributed by atoms with Crippen LogP contribution in [0.3, 0.4) is 0 Å². The predicted octanol–water partition coefficient (Wildman–Crippen LogP) is 1.44. The molecule has 6 nitrogen and oxygen atoms in total. The molecule has 2 aromatic rings. The van der Waals surface area contributed by atoms with E-state index in [1.54, 1.807) is 0 Å². The fourth-order valence-corrected chi connectivity index (χ4v) is 6.19. The first-order chi connectivity index (χ1) is 12.9. The number of carbonyl (C=O) groups excluding carboxylic acids is 1. The molecule has 1 atom stereocenters. The number of carbonyl (C=O) groups is 1. The van der Waals surface area contributed by atoms with Crippen molar-refractivity contribution in [2.24, 2.45) is 7.05 Å². The van der Waals surface area contributed by atoms with E-state index in [-0.39, 0.29) is 17.7 Å². The van der Waals surface area contributed by atoms with Gasteiger partial charge in [-0.1, -0.05) is 18.2 Å². The van der Waals surface area contributed by atoms with Gasteiger partial charge in [0, 0.05) is 62.8 Å². The standard InChI is InChI=1S/C20H27N3O3S/c1-21-14-16(18-4-2-3-5-19(18)21)6-7-20(24)23-11-9-22(10-12-23)17-8-13-27(25,26)15-17/h2-5,14,17H,6-13,15H2,1H3. The van der Waals surface area contributed by atoms with Crippen LogP contribution in [0.2, 0.25) is 0 Å². The fourth-order valence-electron chi connectivity index (χ4n) is 4.42. The monoisotopic (exact) mass is 389 g/mol. The van der Waals surface area contributed by atoms with Crippen molar-refractivity contribution in [1.29, 1.82) is 0 Å². The van der Waals surface area contributed by atoms with Crippen LogP contribution in [0, 0.1) is 0 Å². The number of benzene rings is 1. The minimum Gasteiger partial charge on any atom is -0.350 e. The summed E-state index contributed by atoms with van der Waals surface area (Å²) in [5.74, 6) is 0.783. The molecule has 4 rings (SSSR count). The van der Waals surface area contributed by atoms with Crippen molar-refractivity contribution < 1.29 is 13.2 Å². The number of nitrogens with zero attached hydrogens (tertiary/aromatic N) is 3. The Morgan fingerprint density at radius 3 is 2.59 bits per heavy atom. The molecule has 146 valence electrons. The molecule has 0 aliphatic carbocycles. The Hall–Kier alpha value is -1.86. The summed E-state index contributed by atoms with van der Waals surface area (Å²) in [5, 5.41) is 1.22. The van der Waals surface area contributed by atoms with Gasteiger partial charge < -0.3 is 9.47 Å². The van der Waals surface area contributed by atoms with Gasteiger partial charge in [0.1, 0.15) is 0 Å². The zero-order valence-corrected chi connectivity index (χ0v) is 16.6. The number of para-hydroxylation sites is 1. The van der Waals surface area contributed by atoms with Gasteiger partial charge in [0.15, 0.2) is 9.84 Å². The summed E-state index contributed by atoms with van der Waals surface area (Å²) in [4.78, 5) is 16.8. The smallest absolute Gasteiger partial charge is 0.222 e. The van der Waals surface area contributed by atoms with Gasteiger partial charge >= 0.3 is 0 Å². The van der Waals surface area contributed by atoms with Gasteiger partial charge in [0.2, 0.25) is 5.91 Å². The second kappa shape index (κ2) is 7.28. The average molecular weight is 390 g/mol. The molecule has 27 heavy (non-hydrogen) atoms. The number of sulfone groups is 1. The molecule has 0 spiro atoms. The number of fused-ring (bicyclic) bond motifs is 1. The van der Waals surface area contributed by atoms with E-state index in [1.165, 1.54) is 16.5 Å². The molecule has 0 N–H and O–H groups in total. The third-order valence-electron chi connectivity index (χ3n) is 5.98. The van der Waals surface area contributed by atoms with Crippen LogP contribution >= 0.6 is 0 Å². The van der Waals surface area contributed by atoms with Crippen molar-refractivity contribution >= 4 is 26.6 Å². The topological polar surface area (TPSA) is 62.6 Å². The lowest BCUT2D eigenvalue weighted by Gasteiger charge is -2.37. The van der Waals surface area contributed by atoms with Crippen molar-refractivity contribution in [1.82, 2.24) is 14.4 Å². The molecule has 2 saturated heterocycles. The number of rotatable bonds is 4. The van der Waals surface area contributed by atoms with Crippen molar-refractivity contribution in [2.45, 2.75) is 25.3 Å². The van der Waals surface area contributed by atoms with Crippen LogP contribution in [0.15, 0.2) is 30.5 Å². The third kappa shape index (κ3) is 3.89. The van der Waals surface area contributed by atoms with Crippen LogP contribution in [-0.4, -0.2) is 72.4 Å².